The molecule has 2 heterocycles. The van der Waals surface area contributed by atoms with Gasteiger partial charge in [-0.1, -0.05) is 11.6 Å². The minimum absolute atomic E-state index is 0.0848. The lowest BCUT2D eigenvalue weighted by Crippen LogP contribution is -2.44. The third kappa shape index (κ3) is 6.18. The molecule has 2 amide bonds. The Kier molecular flexibility index (Phi) is 7.46. The molecule has 4 rings (SSSR count). The van der Waals surface area contributed by atoms with Crippen molar-refractivity contribution >= 4 is 41.1 Å². The number of hydrogen-bond donors (Lipinski definition) is 4. The standard InChI is InChI=1S/C23H19ClN8O4/c24-16-4-7-20(32-13-27-30-31-32)15(9-16)3-8-21(33)29-19(10-18-11-25-12-26-18)22(34)28-17-5-1-14(2-6-17)23(35)36/h1-9,11-13,19H,10H2,(H,25,26)(H,28,34)(H,29,33)(H,35,36). The number of amides is 2. The average Bonchev–Trinajstić information content (AvgIpc) is 3.57. The molecule has 0 saturated carbocycles. The first kappa shape index (κ1) is 24.3. The summed E-state index contributed by atoms with van der Waals surface area (Å²) in [6.07, 6.45) is 7.42. The third-order valence-electron chi connectivity index (χ3n) is 5.00. The van der Waals surface area contributed by atoms with E-state index in [1.165, 1.54) is 53.8 Å². The van der Waals surface area contributed by atoms with E-state index in [1.807, 2.05) is 0 Å². The molecule has 4 aromatic rings. The predicted octanol–water partition coefficient (Wildman–Crippen LogP) is 2.12. The van der Waals surface area contributed by atoms with E-state index in [-0.39, 0.29) is 12.0 Å². The fourth-order valence-corrected chi connectivity index (χ4v) is 3.45. The van der Waals surface area contributed by atoms with Crippen LogP contribution < -0.4 is 10.6 Å². The number of imidazole rings is 1. The summed E-state index contributed by atoms with van der Waals surface area (Å²) in [7, 11) is 0. The zero-order chi connectivity index (χ0) is 25.5. The number of nitrogens with zero attached hydrogens (tertiary/aromatic N) is 5. The predicted molar refractivity (Wildman–Crippen MR) is 129 cm³/mol. The van der Waals surface area contributed by atoms with Crippen LogP contribution in [-0.4, -0.2) is 59.1 Å². The molecule has 1 atom stereocenters. The van der Waals surface area contributed by atoms with Gasteiger partial charge in [-0.15, -0.1) is 5.10 Å². The van der Waals surface area contributed by atoms with Gasteiger partial charge in [0.05, 0.1) is 23.3 Å². The number of rotatable bonds is 9. The second-order valence-corrected chi connectivity index (χ2v) is 7.92. The Hall–Kier alpha value is -4.84. The van der Waals surface area contributed by atoms with Crippen molar-refractivity contribution in [1.29, 1.82) is 0 Å². The Morgan fingerprint density at radius 1 is 1.17 bits per heavy atom. The highest BCUT2D eigenvalue weighted by Crippen LogP contribution is 2.20. The molecule has 0 radical (unpaired) electrons. The number of tetrazole rings is 1. The molecule has 0 saturated heterocycles. The summed E-state index contributed by atoms with van der Waals surface area (Å²) in [5.41, 5.74) is 2.21. The molecular formula is C23H19ClN8O4. The normalized spacial score (nSPS) is 11.8. The highest BCUT2D eigenvalue weighted by atomic mass is 35.5. The second kappa shape index (κ2) is 11.1. The van der Waals surface area contributed by atoms with Crippen LogP contribution >= 0.6 is 11.6 Å². The minimum atomic E-state index is -1.08. The van der Waals surface area contributed by atoms with Gasteiger partial charge in [-0.05, 0) is 59.0 Å². The van der Waals surface area contributed by atoms with Gasteiger partial charge in [0.2, 0.25) is 11.8 Å². The molecule has 13 heteroatoms. The highest BCUT2D eigenvalue weighted by molar-refractivity contribution is 6.30. The van der Waals surface area contributed by atoms with Gasteiger partial charge in [0.15, 0.2) is 0 Å². The van der Waals surface area contributed by atoms with E-state index in [0.29, 0.717) is 27.7 Å². The maximum atomic E-state index is 13.0. The van der Waals surface area contributed by atoms with Gasteiger partial charge in [-0.25, -0.2) is 9.78 Å². The summed E-state index contributed by atoms with van der Waals surface area (Å²) in [6.45, 7) is 0. The monoisotopic (exact) mass is 506 g/mol. The molecule has 12 nitrogen and oxygen atoms in total. The maximum Gasteiger partial charge on any atom is 0.335 e. The Bertz CT molecular complexity index is 1390. The lowest BCUT2D eigenvalue weighted by atomic mass is 10.1. The van der Waals surface area contributed by atoms with Gasteiger partial charge in [0, 0.05) is 35.0 Å². The van der Waals surface area contributed by atoms with Crippen LogP contribution in [-0.2, 0) is 16.0 Å². The Labute approximate surface area is 209 Å². The number of hydrogen-bond acceptors (Lipinski definition) is 7. The molecule has 0 aliphatic heterocycles. The Morgan fingerprint density at radius 2 is 1.97 bits per heavy atom. The number of anilines is 1. The fraction of sp³-hybridized carbons (Fsp3) is 0.0870. The average molecular weight is 507 g/mol. The fourth-order valence-electron chi connectivity index (χ4n) is 3.27. The van der Waals surface area contributed by atoms with Crippen LogP contribution in [0.2, 0.25) is 5.02 Å². The van der Waals surface area contributed by atoms with Gasteiger partial charge < -0.3 is 20.7 Å². The molecule has 0 spiro atoms. The van der Waals surface area contributed by atoms with E-state index in [1.54, 1.807) is 24.4 Å². The number of aromatic carboxylic acids is 1. The zero-order valence-corrected chi connectivity index (χ0v) is 19.3. The van der Waals surface area contributed by atoms with Gasteiger partial charge in [0.25, 0.3) is 0 Å². The van der Waals surface area contributed by atoms with E-state index in [2.05, 4.69) is 36.1 Å². The number of nitrogens with one attached hydrogen (secondary N) is 3. The summed E-state index contributed by atoms with van der Waals surface area (Å²) in [5.74, 6) is -2.11. The van der Waals surface area contributed by atoms with Crippen LogP contribution in [0.15, 0.2) is 67.4 Å². The van der Waals surface area contributed by atoms with Gasteiger partial charge in [-0.3, -0.25) is 9.59 Å². The van der Waals surface area contributed by atoms with Crippen molar-refractivity contribution in [2.75, 3.05) is 5.32 Å². The Morgan fingerprint density at radius 3 is 2.64 bits per heavy atom. The van der Waals surface area contributed by atoms with Crippen LogP contribution in [0.25, 0.3) is 11.8 Å². The second-order valence-electron chi connectivity index (χ2n) is 7.49. The first-order valence-electron chi connectivity index (χ1n) is 10.5. The highest BCUT2D eigenvalue weighted by Gasteiger charge is 2.22. The minimum Gasteiger partial charge on any atom is -0.478 e. The van der Waals surface area contributed by atoms with E-state index in [9.17, 15) is 14.4 Å². The zero-order valence-electron chi connectivity index (χ0n) is 18.5. The van der Waals surface area contributed by atoms with Crippen LogP contribution in [0, 0.1) is 0 Å². The smallest absolute Gasteiger partial charge is 0.335 e. The van der Waals surface area contributed by atoms with Crippen molar-refractivity contribution in [1.82, 2.24) is 35.5 Å². The summed E-state index contributed by atoms with van der Waals surface area (Å²) >= 11 is 6.11. The van der Waals surface area contributed by atoms with E-state index in [0.717, 1.165) is 0 Å². The molecule has 1 unspecified atom stereocenters. The van der Waals surface area contributed by atoms with Crippen LogP contribution in [0.5, 0.6) is 0 Å². The largest absolute Gasteiger partial charge is 0.478 e. The number of aromatic nitrogens is 6. The van der Waals surface area contributed by atoms with Crippen LogP contribution in [0.4, 0.5) is 5.69 Å². The molecule has 4 N–H and O–H groups in total. The number of H-pyrrole nitrogens is 1. The molecule has 0 aliphatic rings. The first-order valence-corrected chi connectivity index (χ1v) is 10.9. The molecule has 0 fully saturated rings. The molecule has 0 aliphatic carbocycles. The third-order valence-corrected chi connectivity index (χ3v) is 5.24. The van der Waals surface area contributed by atoms with Crippen LogP contribution in [0.1, 0.15) is 21.6 Å². The SMILES string of the molecule is O=C(C=Cc1cc(Cl)ccc1-n1cnnn1)NC(Cc1c[nH]cn1)C(=O)Nc1ccc(C(=O)O)cc1. The van der Waals surface area contributed by atoms with Crippen molar-refractivity contribution in [2.45, 2.75) is 12.5 Å². The molecular weight excluding hydrogens is 488 g/mol. The van der Waals surface area contributed by atoms with E-state index < -0.39 is 23.8 Å². The summed E-state index contributed by atoms with van der Waals surface area (Å²) < 4.78 is 1.43. The number of carbonyl (C=O) groups excluding carboxylic acids is 2. The van der Waals surface area contributed by atoms with Gasteiger partial charge >= 0.3 is 5.97 Å². The number of carboxylic acid groups (broad SMARTS) is 1. The van der Waals surface area contributed by atoms with E-state index in [4.69, 9.17) is 16.7 Å². The first-order chi connectivity index (χ1) is 17.4. The van der Waals surface area contributed by atoms with E-state index >= 15 is 0 Å². The van der Waals surface area contributed by atoms with Crippen molar-refractivity contribution in [3.63, 3.8) is 0 Å². The number of benzene rings is 2. The number of carbonyl (C=O) groups is 3. The molecule has 36 heavy (non-hydrogen) atoms. The quantitative estimate of drug-likeness (QED) is 0.250. The lowest BCUT2D eigenvalue weighted by molar-refractivity contribution is -0.123. The van der Waals surface area contributed by atoms with Crippen LogP contribution in [0.3, 0.4) is 0 Å². The number of aromatic amines is 1. The molecule has 182 valence electrons. The van der Waals surface area contributed by atoms with Crippen molar-refractivity contribution in [3.05, 3.63) is 89.2 Å². The number of halogens is 1. The Balaban J connectivity index is 1.50. The summed E-state index contributed by atoms with van der Waals surface area (Å²) in [5, 5.41) is 25.9. The summed E-state index contributed by atoms with van der Waals surface area (Å²) in [4.78, 5) is 43.7. The van der Waals surface area contributed by atoms with Crippen molar-refractivity contribution in [2.24, 2.45) is 0 Å². The van der Waals surface area contributed by atoms with Crippen molar-refractivity contribution < 1.29 is 19.5 Å². The molecule has 0 bridgehead atoms. The lowest BCUT2D eigenvalue weighted by Gasteiger charge is -2.17. The van der Waals surface area contributed by atoms with Crippen molar-refractivity contribution in [3.8, 4) is 5.69 Å². The molecule has 2 aromatic carbocycles. The summed E-state index contributed by atoms with van der Waals surface area (Å²) in [6, 6.07) is 9.73. The van der Waals surface area contributed by atoms with Gasteiger partial charge in [0.1, 0.15) is 12.4 Å². The topological polar surface area (TPSA) is 168 Å². The molecule has 2 aromatic heterocycles. The number of carboxylic acids is 1. The maximum absolute atomic E-state index is 13.0. The van der Waals surface area contributed by atoms with Gasteiger partial charge in [-0.2, -0.15) is 4.68 Å².